The molecule has 3 heterocycles. The Morgan fingerprint density at radius 3 is 2.24 bits per heavy atom. The van der Waals surface area contributed by atoms with E-state index in [0.29, 0.717) is 23.6 Å². The van der Waals surface area contributed by atoms with Crippen LogP contribution in [0.4, 0.5) is 5.95 Å². The fraction of sp³-hybridized carbons (Fsp3) is 0.444. The molecule has 1 aliphatic heterocycles. The number of nitrogens with one attached hydrogen (secondary N) is 1. The molecule has 1 saturated carbocycles. The minimum Gasteiger partial charge on any atom is -0.339 e. The summed E-state index contributed by atoms with van der Waals surface area (Å²) in [6.07, 6.45) is 7.25. The molecule has 1 aliphatic carbocycles. The van der Waals surface area contributed by atoms with E-state index in [-0.39, 0.29) is 61.2 Å². The lowest BCUT2D eigenvalue weighted by atomic mass is 9.94. The van der Waals surface area contributed by atoms with Crippen molar-refractivity contribution in [1.82, 2.24) is 24.8 Å². The number of aromatic nitrogens is 3. The van der Waals surface area contributed by atoms with Gasteiger partial charge in [-0.25, -0.2) is 4.98 Å². The molecule has 1 saturated heterocycles. The second-order valence-electron chi connectivity index (χ2n) is 9.82. The first-order chi connectivity index (χ1) is 16.5. The van der Waals surface area contributed by atoms with Gasteiger partial charge < -0.3 is 15.1 Å². The lowest BCUT2D eigenvalue weighted by Gasteiger charge is -2.35. The van der Waals surface area contributed by atoms with Crippen LogP contribution in [0.5, 0.6) is 0 Å². The van der Waals surface area contributed by atoms with Gasteiger partial charge in [0.15, 0.2) is 0 Å². The van der Waals surface area contributed by atoms with Crippen molar-refractivity contribution in [3.05, 3.63) is 76.3 Å². The van der Waals surface area contributed by atoms with Crippen LogP contribution in [0.3, 0.4) is 0 Å². The van der Waals surface area contributed by atoms with Gasteiger partial charge in [-0.3, -0.25) is 14.3 Å². The second kappa shape index (κ2) is 15.1. The van der Waals surface area contributed by atoms with Gasteiger partial charge in [0.1, 0.15) is 0 Å². The van der Waals surface area contributed by atoms with Crippen LogP contribution in [0.25, 0.3) is 11.3 Å². The molecule has 3 atom stereocenters. The lowest BCUT2D eigenvalue weighted by Crippen LogP contribution is -2.47. The third kappa shape index (κ3) is 7.40. The summed E-state index contributed by atoms with van der Waals surface area (Å²) >= 11 is 0. The van der Waals surface area contributed by atoms with E-state index in [1.807, 2.05) is 12.1 Å². The number of anilines is 1. The molecule has 0 amide bonds. The third-order valence-corrected chi connectivity index (χ3v) is 7.49. The summed E-state index contributed by atoms with van der Waals surface area (Å²) in [6.45, 7) is 2.42. The van der Waals surface area contributed by atoms with Gasteiger partial charge in [0.2, 0.25) is 5.95 Å². The molecule has 38 heavy (non-hydrogen) atoms. The fourth-order valence-corrected chi connectivity index (χ4v) is 5.37. The van der Waals surface area contributed by atoms with Crippen LogP contribution in [0.1, 0.15) is 42.3 Å². The van der Waals surface area contributed by atoms with Gasteiger partial charge in [0.05, 0.1) is 5.69 Å². The molecule has 0 spiro atoms. The van der Waals surface area contributed by atoms with Gasteiger partial charge in [0.25, 0.3) is 5.56 Å². The number of piperazine rings is 1. The molecule has 210 valence electrons. The highest BCUT2D eigenvalue weighted by molar-refractivity contribution is 5.86. The summed E-state index contributed by atoms with van der Waals surface area (Å²) in [7, 11) is 6.18. The zero-order valence-electron chi connectivity index (χ0n) is 21.9. The highest BCUT2D eigenvalue weighted by atomic mass is 35.5. The molecule has 7 nitrogen and oxygen atoms in total. The third-order valence-electron chi connectivity index (χ3n) is 7.49. The number of hydrogen-bond donors (Lipinski definition) is 1. The number of rotatable bonds is 5. The quantitative estimate of drug-likeness (QED) is 0.448. The molecule has 1 N–H and O–H groups in total. The van der Waals surface area contributed by atoms with E-state index < -0.39 is 0 Å². The number of nitrogens with zero attached hydrogens (tertiary/aromatic N) is 5. The first-order valence-electron chi connectivity index (χ1n) is 12.2. The van der Waals surface area contributed by atoms with Gasteiger partial charge in [-0.15, -0.1) is 49.6 Å². The summed E-state index contributed by atoms with van der Waals surface area (Å²) in [5, 5.41) is 3.65. The molecule has 3 aromatic rings. The molecule has 0 radical (unpaired) electrons. The molecular weight excluding hydrogens is 566 g/mol. The van der Waals surface area contributed by atoms with Gasteiger partial charge in [0, 0.05) is 62.8 Å². The largest absolute Gasteiger partial charge is 0.339 e. The van der Waals surface area contributed by atoms with Crippen LogP contribution in [-0.2, 0) is 7.05 Å². The van der Waals surface area contributed by atoms with Crippen LogP contribution >= 0.6 is 49.6 Å². The second-order valence-corrected chi connectivity index (χ2v) is 9.82. The minimum absolute atomic E-state index is 0. The Kier molecular flexibility index (Phi) is 13.5. The first kappa shape index (κ1) is 34.2. The Labute approximate surface area is 250 Å². The molecular formula is C27H38Cl4N6O. The molecule has 2 aromatic heterocycles. The van der Waals surface area contributed by atoms with E-state index in [0.717, 1.165) is 25.2 Å². The van der Waals surface area contributed by atoms with Crippen LogP contribution in [0.2, 0.25) is 0 Å². The SMILES string of the molecule is CN(C)[C@@H]1CCC(c2ccc([C@H]3CN(c4nc(-c5ccncc5)cc(=O)n4C)CCN3)cc2)C1.Cl.Cl.Cl.Cl. The maximum absolute atomic E-state index is 12.7. The average molecular weight is 604 g/mol. The zero-order chi connectivity index (χ0) is 23.7. The van der Waals surface area contributed by atoms with Crippen molar-refractivity contribution < 1.29 is 0 Å². The molecule has 0 bridgehead atoms. The van der Waals surface area contributed by atoms with Gasteiger partial charge in [-0.1, -0.05) is 24.3 Å². The molecule has 1 unspecified atom stereocenters. The van der Waals surface area contributed by atoms with Gasteiger partial charge >= 0.3 is 0 Å². The van der Waals surface area contributed by atoms with E-state index in [4.69, 9.17) is 4.98 Å². The van der Waals surface area contributed by atoms with Crippen LogP contribution in [0.15, 0.2) is 59.7 Å². The summed E-state index contributed by atoms with van der Waals surface area (Å²) in [6, 6.07) is 15.5. The maximum atomic E-state index is 12.7. The van der Waals surface area contributed by atoms with Gasteiger partial charge in [-0.2, -0.15) is 0 Å². The number of pyridine rings is 1. The maximum Gasteiger partial charge on any atom is 0.255 e. The van der Waals surface area contributed by atoms with Crippen LogP contribution in [-0.4, -0.2) is 59.2 Å². The fourth-order valence-electron chi connectivity index (χ4n) is 5.37. The van der Waals surface area contributed by atoms with E-state index in [9.17, 15) is 4.79 Å². The van der Waals surface area contributed by atoms with Crippen molar-refractivity contribution in [1.29, 1.82) is 0 Å². The number of benzene rings is 1. The monoisotopic (exact) mass is 602 g/mol. The predicted octanol–water partition coefficient (Wildman–Crippen LogP) is 4.88. The highest BCUT2D eigenvalue weighted by Gasteiger charge is 2.28. The Bertz CT molecular complexity index is 1190. The van der Waals surface area contributed by atoms with Crippen molar-refractivity contribution in [2.24, 2.45) is 7.05 Å². The molecule has 2 aliphatic rings. The number of hydrogen-bond acceptors (Lipinski definition) is 6. The minimum atomic E-state index is -0.0520. The number of halogens is 4. The van der Waals surface area contributed by atoms with Crippen LogP contribution in [0, 0.1) is 0 Å². The topological polar surface area (TPSA) is 66.3 Å². The van der Waals surface area contributed by atoms with Crippen molar-refractivity contribution in [3.63, 3.8) is 0 Å². The highest BCUT2D eigenvalue weighted by Crippen LogP contribution is 2.36. The summed E-state index contributed by atoms with van der Waals surface area (Å²) < 4.78 is 1.65. The first-order valence-corrected chi connectivity index (χ1v) is 12.2. The Hall–Kier alpha value is -1.87. The van der Waals surface area contributed by atoms with E-state index in [2.05, 4.69) is 58.5 Å². The van der Waals surface area contributed by atoms with E-state index in [1.165, 1.54) is 30.4 Å². The summed E-state index contributed by atoms with van der Waals surface area (Å²) in [5.74, 6) is 1.37. The molecule has 1 aromatic carbocycles. The average Bonchev–Trinajstić information content (AvgIpc) is 3.37. The van der Waals surface area contributed by atoms with Crippen molar-refractivity contribution in [2.45, 2.75) is 37.3 Å². The van der Waals surface area contributed by atoms with E-state index in [1.54, 1.807) is 30.1 Å². The standard InChI is InChI=1S/C27H34N6O.4ClH/c1-31(2)23-9-8-22(16-23)19-4-6-20(7-5-19)25-18-33(15-14-29-25)27-30-24(17-26(34)32(27)3)21-10-12-28-13-11-21;;;;/h4-7,10-13,17,22-23,25,29H,8-9,14-16,18H2,1-3H3;4*1H/t22?,23-,25-;;;;/m1..../s1. The van der Waals surface area contributed by atoms with Crippen molar-refractivity contribution >= 4 is 55.6 Å². The summed E-state index contributed by atoms with van der Waals surface area (Å²) in [5.41, 5.74) is 4.27. The summed E-state index contributed by atoms with van der Waals surface area (Å²) in [4.78, 5) is 26.3. The predicted molar refractivity (Wildman–Crippen MR) is 165 cm³/mol. The van der Waals surface area contributed by atoms with Crippen molar-refractivity contribution in [3.8, 4) is 11.3 Å². The Morgan fingerprint density at radius 2 is 1.61 bits per heavy atom. The Morgan fingerprint density at radius 1 is 0.947 bits per heavy atom. The lowest BCUT2D eigenvalue weighted by molar-refractivity contribution is 0.296. The smallest absolute Gasteiger partial charge is 0.255 e. The molecule has 5 rings (SSSR count). The van der Waals surface area contributed by atoms with E-state index >= 15 is 0 Å². The normalized spacial score (nSPS) is 20.5. The van der Waals surface area contributed by atoms with Gasteiger partial charge in [-0.05, 0) is 62.5 Å². The van der Waals surface area contributed by atoms with Crippen LogP contribution < -0.4 is 15.8 Å². The van der Waals surface area contributed by atoms with Crippen molar-refractivity contribution in [2.75, 3.05) is 38.6 Å². The zero-order valence-corrected chi connectivity index (χ0v) is 25.2. The molecule has 11 heteroatoms. The Balaban J connectivity index is 0.00000180. The molecule has 2 fully saturated rings.